The van der Waals surface area contributed by atoms with E-state index in [1.165, 1.54) is 25.7 Å². The number of aryl methyl sites for hydroxylation is 1. The highest BCUT2D eigenvalue weighted by Gasteiger charge is 2.35. The minimum atomic E-state index is 0.101. The highest BCUT2D eigenvalue weighted by atomic mass is 16.5. The van der Waals surface area contributed by atoms with Gasteiger partial charge in [0.2, 0.25) is 0 Å². The van der Waals surface area contributed by atoms with Gasteiger partial charge in [-0.25, -0.2) is 9.97 Å². The molecule has 19 heavy (non-hydrogen) atoms. The Hall–Kier alpha value is -1.00. The van der Waals surface area contributed by atoms with Gasteiger partial charge >= 0.3 is 0 Å². The minimum Gasteiger partial charge on any atom is -0.370 e. The summed E-state index contributed by atoms with van der Waals surface area (Å²) >= 11 is 0. The van der Waals surface area contributed by atoms with Crippen LogP contribution in [0.1, 0.15) is 55.9 Å². The molecule has 2 saturated carbocycles. The first-order chi connectivity index (χ1) is 9.26. The van der Waals surface area contributed by atoms with Crippen molar-refractivity contribution in [2.75, 3.05) is 6.61 Å². The van der Waals surface area contributed by atoms with Crippen LogP contribution in [0.2, 0.25) is 0 Å². The highest BCUT2D eigenvalue weighted by molar-refractivity contribution is 5.13. The summed E-state index contributed by atoms with van der Waals surface area (Å²) in [6.45, 7) is 5.67. The average molecular weight is 261 g/mol. The van der Waals surface area contributed by atoms with E-state index >= 15 is 0 Å². The third-order valence-electron chi connectivity index (χ3n) is 3.72. The molecule has 0 radical (unpaired) electrons. The maximum absolute atomic E-state index is 5.85. The number of aromatic nitrogens is 2. The molecule has 0 saturated heterocycles. The molecule has 0 amide bonds. The normalized spacial score (nSPS) is 20.5. The van der Waals surface area contributed by atoms with Crippen LogP contribution in [0.3, 0.4) is 0 Å². The van der Waals surface area contributed by atoms with E-state index in [2.05, 4.69) is 16.4 Å². The molecular weight excluding hydrogens is 238 g/mol. The van der Waals surface area contributed by atoms with E-state index in [-0.39, 0.29) is 6.10 Å². The third-order valence-corrected chi connectivity index (χ3v) is 3.72. The van der Waals surface area contributed by atoms with Crippen molar-refractivity contribution in [2.45, 2.75) is 58.2 Å². The maximum atomic E-state index is 5.85. The maximum Gasteiger partial charge on any atom is 0.157 e. The Morgan fingerprint density at radius 1 is 1.32 bits per heavy atom. The third kappa shape index (κ3) is 3.51. The smallest absolute Gasteiger partial charge is 0.157 e. The van der Waals surface area contributed by atoms with Gasteiger partial charge in [0, 0.05) is 24.9 Å². The van der Waals surface area contributed by atoms with E-state index < -0.39 is 0 Å². The van der Waals surface area contributed by atoms with Crippen LogP contribution in [-0.2, 0) is 11.3 Å². The number of rotatable bonds is 7. The fraction of sp³-hybridized carbons (Fsp3) is 0.733. The van der Waals surface area contributed by atoms with Crippen molar-refractivity contribution in [1.82, 2.24) is 15.3 Å². The molecular formula is C15H23N3O. The lowest BCUT2D eigenvalue weighted by Gasteiger charge is -2.16. The first-order valence-corrected chi connectivity index (χ1v) is 7.45. The van der Waals surface area contributed by atoms with Gasteiger partial charge in [0.1, 0.15) is 6.10 Å². The zero-order chi connectivity index (χ0) is 13.2. The number of hydrogen-bond acceptors (Lipinski definition) is 4. The van der Waals surface area contributed by atoms with Crippen LogP contribution < -0.4 is 5.32 Å². The molecule has 4 heteroatoms. The second-order valence-electron chi connectivity index (χ2n) is 5.73. The lowest BCUT2D eigenvalue weighted by atomic mass is 10.2. The highest BCUT2D eigenvalue weighted by Crippen LogP contribution is 2.42. The van der Waals surface area contributed by atoms with E-state index in [1.807, 2.05) is 13.8 Å². The largest absolute Gasteiger partial charge is 0.370 e. The zero-order valence-electron chi connectivity index (χ0n) is 11.9. The van der Waals surface area contributed by atoms with E-state index in [9.17, 15) is 0 Å². The summed E-state index contributed by atoms with van der Waals surface area (Å²) in [5, 5.41) is 3.51. The Labute approximate surface area is 115 Å². The summed E-state index contributed by atoms with van der Waals surface area (Å²) in [5.41, 5.74) is 2.14. The summed E-state index contributed by atoms with van der Waals surface area (Å²) in [7, 11) is 0. The standard InChI is InChI=1S/C15H23N3O/c1-3-19-14(11-4-5-11)15-17-10(2)8-13(18-15)9-16-12-6-7-12/h8,11-12,14,16H,3-7,9H2,1-2H3. The summed E-state index contributed by atoms with van der Waals surface area (Å²) in [6.07, 6.45) is 5.21. The van der Waals surface area contributed by atoms with Crippen LogP contribution in [0, 0.1) is 12.8 Å². The van der Waals surface area contributed by atoms with Gasteiger partial charge in [-0.15, -0.1) is 0 Å². The van der Waals surface area contributed by atoms with Gasteiger partial charge in [0.05, 0.1) is 5.69 Å². The lowest BCUT2D eigenvalue weighted by Crippen LogP contribution is -2.19. The van der Waals surface area contributed by atoms with Crippen molar-refractivity contribution in [3.63, 3.8) is 0 Å². The van der Waals surface area contributed by atoms with Crippen LogP contribution in [0.4, 0.5) is 0 Å². The van der Waals surface area contributed by atoms with Gasteiger partial charge in [0.15, 0.2) is 5.82 Å². The summed E-state index contributed by atoms with van der Waals surface area (Å²) in [6, 6.07) is 2.79. The van der Waals surface area contributed by atoms with Crippen LogP contribution in [0.15, 0.2) is 6.07 Å². The predicted octanol–water partition coefficient (Wildman–Crippen LogP) is 2.52. The van der Waals surface area contributed by atoms with Crippen LogP contribution in [-0.4, -0.2) is 22.6 Å². The monoisotopic (exact) mass is 261 g/mol. The van der Waals surface area contributed by atoms with Crippen molar-refractivity contribution in [1.29, 1.82) is 0 Å². The van der Waals surface area contributed by atoms with Gasteiger partial charge in [-0.05, 0) is 51.5 Å². The number of nitrogens with zero attached hydrogens (tertiary/aromatic N) is 2. The molecule has 0 bridgehead atoms. The topological polar surface area (TPSA) is 47.0 Å². The van der Waals surface area contributed by atoms with Crippen molar-refractivity contribution in [3.05, 3.63) is 23.3 Å². The van der Waals surface area contributed by atoms with E-state index in [0.717, 1.165) is 30.4 Å². The van der Waals surface area contributed by atoms with Crippen molar-refractivity contribution in [2.24, 2.45) is 5.92 Å². The second-order valence-corrected chi connectivity index (χ2v) is 5.73. The molecule has 0 spiro atoms. The lowest BCUT2D eigenvalue weighted by molar-refractivity contribution is 0.0397. The molecule has 1 atom stereocenters. The fourth-order valence-electron chi connectivity index (χ4n) is 2.41. The van der Waals surface area contributed by atoms with Crippen LogP contribution in [0.25, 0.3) is 0 Å². The average Bonchev–Trinajstić information content (AvgIpc) is 3.27. The zero-order valence-corrected chi connectivity index (χ0v) is 11.9. The number of nitrogens with one attached hydrogen (secondary N) is 1. The second kappa shape index (κ2) is 5.55. The molecule has 2 aliphatic rings. The molecule has 2 fully saturated rings. The molecule has 1 aromatic rings. The number of ether oxygens (including phenoxy) is 1. The quantitative estimate of drug-likeness (QED) is 0.819. The molecule has 1 N–H and O–H groups in total. The van der Waals surface area contributed by atoms with E-state index in [0.29, 0.717) is 12.0 Å². The van der Waals surface area contributed by atoms with Gasteiger partial charge in [-0.3, -0.25) is 0 Å². The Bertz CT molecular complexity index is 441. The first-order valence-electron chi connectivity index (χ1n) is 7.45. The van der Waals surface area contributed by atoms with Crippen LogP contribution >= 0.6 is 0 Å². The van der Waals surface area contributed by atoms with Crippen molar-refractivity contribution >= 4 is 0 Å². The molecule has 4 nitrogen and oxygen atoms in total. The van der Waals surface area contributed by atoms with Crippen molar-refractivity contribution in [3.8, 4) is 0 Å². The molecule has 1 heterocycles. The summed E-state index contributed by atoms with van der Waals surface area (Å²) in [5.74, 6) is 1.52. The van der Waals surface area contributed by atoms with Gasteiger partial charge in [-0.2, -0.15) is 0 Å². The Morgan fingerprint density at radius 3 is 2.74 bits per heavy atom. The molecule has 3 rings (SSSR count). The van der Waals surface area contributed by atoms with Crippen molar-refractivity contribution < 1.29 is 4.74 Å². The fourth-order valence-corrected chi connectivity index (χ4v) is 2.41. The SMILES string of the molecule is CCOC(c1nc(C)cc(CNC2CC2)n1)C1CC1. The van der Waals surface area contributed by atoms with Crippen LogP contribution in [0.5, 0.6) is 0 Å². The Balaban J connectivity index is 1.74. The molecule has 1 aromatic heterocycles. The summed E-state index contributed by atoms with van der Waals surface area (Å²) in [4.78, 5) is 9.31. The Morgan fingerprint density at radius 2 is 2.11 bits per heavy atom. The minimum absolute atomic E-state index is 0.101. The van der Waals surface area contributed by atoms with E-state index in [1.54, 1.807) is 0 Å². The molecule has 0 aromatic carbocycles. The van der Waals surface area contributed by atoms with Gasteiger partial charge in [-0.1, -0.05) is 0 Å². The predicted molar refractivity (Wildman–Crippen MR) is 73.7 cm³/mol. The molecule has 104 valence electrons. The molecule has 2 aliphatic carbocycles. The van der Waals surface area contributed by atoms with Gasteiger partial charge in [0.25, 0.3) is 0 Å². The van der Waals surface area contributed by atoms with E-state index in [4.69, 9.17) is 9.72 Å². The summed E-state index contributed by atoms with van der Waals surface area (Å²) < 4.78 is 5.85. The molecule has 1 unspecified atom stereocenters. The first kappa shape index (κ1) is 13.0. The molecule has 0 aliphatic heterocycles. The Kier molecular flexibility index (Phi) is 3.80. The van der Waals surface area contributed by atoms with Gasteiger partial charge < -0.3 is 10.1 Å². The number of hydrogen-bond donors (Lipinski definition) is 1.